The van der Waals surface area contributed by atoms with Crippen molar-refractivity contribution in [1.82, 2.24) is 9.97 Å². The molecule has 1 aromatic rings. The third-order valence-electron chi connectivity index (χ3n) is 4.91. The fraction of sp³-hybridized carbons (Fsp3) is 0.750. The highest BCUT2D eigenvalue weighted by atomic mass is 15.1. The number of anilines is 2. The summed E-state index contributed by atoms with van der Waals surface area (Å²) in [5, 5.41) is 6.80. The van der Waals surface area contributed by atoms with Crippen LogP contribution in [0.1, 0.15) is 56.3 Å². The van der Waals surface area contributed by atoms with Gasteiger partial charge in [-0.3, -0.25) is 0 Å². The van der Waals surface area contributed by atoms with Crippen molar-refractivity contribution < 1.29 is 0 Å². The van der Waals surface area contributed by atoms with Gasteiger partial charge in [-0.2, -0.15) is 0 Å². The Labute approximate surface area is 121 Å². The number of rotatable bonds is 5. The van der Waals surface area contributed by atoms with Gasteiger partial charge in [0.05, 0.1) is 0 Å². The van der Waals surface area contributed by atoms with Crippen LogP contribution in [-0.2, 0) is 0 Å². The summed E-state index contributed by atoms with van der Waals surface area (Å²) < 4.78 is 0. The molecule has 0 saturated heterocycles. The molecule has 2 N–H and O–H groups in total. The summed E-state index contributed by atoms with van der Waals surface area (Å²) in [4.78, 5) is 9.41. The van der Waals surface area contributed by atoms with Crippen molar-refractivity contribution in [1.29, 1.82) is 0 Å². The van der Waals surface area contributed by atoms with E-state index in [0.717, 1.165) is 41.4 Å². The van der Waals surface area contributed by atoms with E-state index >= 15 is 0 Å². The maximum absolute atomic E-state index is 4.77. The van der Waals surface area contributed by atoms with E-state index < -0.39 is 0 Å². The second-order valence-electron chi connectivity index (χ2n) is 6.48. The molecule has 1 heterocycles. The topological polar surface area (TPSA) is 49.8 Å². The molecule has 110 valence electrons. The molecule has 2 unspecified atom stereocenters. The summed E-state index contributed by atoms with van der Waals surface area (Å²) in [5.41, 5.74) is 1.14. The summed E-state index contributed by atoms with van der Waals surface area (Å²) in [6, 6.07) is 0. The molecule has 2 aliphatic carbocycles. The fourth-order valence-electron chi connectivity index (χ4n) is 3.23. The third kappa shape index (κ3) is 2.74. The van der Waals surface area contributed by atoms with E-state index in [1.807, 2.05) is 7.05 Å². The molecular weight excluding hydrogens is 248 g/mol. The van der Waals surface area contributed by atoms with Crippen molar-refractivity contribution in [2.75, 3.05) is 24.2 Å². The molecule has 2 atom stereocenters. The molecular formula is C16H26N4. The van der Waals surface area contributed by atoms with Gasteiger partial charge in [-0.15, -0.1) is 0 Å². The Balaban J connectivity index is 1.75. The minimum Gasteiger partial charge on any atom is -0.373 e. The van der Waals surface area contributed by atoms with Gasteiger partial charge >= 0.3 is 0 Å². The summed E-state index contributed by atoms with van der Waals surface area (Å²) in [5.74, 6) is 5.26. The molecule has 0 aliphatic heterocycles. The first-order valence-corrected chi connectivity index (χ1v) is 7.99. The monoisotopic (exact) mass is 274 g/mol. The molecule has 4 heteroatoms. The first-order chi connectivity index (χ1) is 9.69. The average molecular weight is 274 g/mol. The SMILES string of the molecule is CNc1nc(C2CC2)nc(NCC2CCCC2C)c1C. The molecule has 0 amide bonds. The van der Waals surface area contributed by atoms with Crippen molar-refractivity contribution in [3.05, 3.63) is 11.4 Å². The van der Waals surface area contributed by atoms with Crippen LogP contribution in [0.4, 0.5) is 11.6 Å². The van der Waals surface area contributed by atoms with Crippen LogP contribution in [0, 0.1) is 18.8 Å². The van der Waals surface area contributed by atoms with E-state index in [1.165, 1.54) is 32.1 Å². The lowest BCUT2D eigenvalue weighted by atomic mass is 9.98. The molecule has 0 spiro atoms. The predicted molar refractivity (Wildman–Crippen MR) is 83.3 cm³/mol. The lowest BCUT2D eigenvalue weighted by Crippen LogP contribution is -2.18. The Morgan fingerprint density at radius 2 is 1.85 bits per heavy atom. The first kappa shape index (κ1) is 13.7. The highest BCUT2D eigenvalue weighted by molar-refractivity contribution is 5.57. The van der Waals surface area contributed by atoms with Crippen molar-refractivity contribution in [2.24, 2.45) is 11.8 Å². The molecule has 0 bridgehead atoms. The first-order valence-electron chi connectivity index (χ1n) is 7.99. The minimum atomic E-state index is 0.591. The van der Waals surface area contributed by atoms with Gasteiger partial charge in [0, 0.05) is 25.1 Å². The van der Waals surface area contributed by atoms with Crippen molar-refractivity contribution >= 4 is 11.6 Å². The predicted octanol–water partition coefficient (Wildman–Crippen LogP) is 3.55. The Kier molecular flexibility index (Phi) is 3.81. The van der Waals surface area contributed by atoms with Gasteiger partial charge in [0.25, 0.3) is 0 Å². The largest absolute Gasteiger partial charge is 0.373 e. The smallest absolute Gasteiger partial charge is 0.136 e. The highest BCUT2D eigenvalue weighted by Crippen LogP contribution is 2.39. The van der Waals surface area contributed by atoms with Crippen LogP contribution >= 0.6 is 0 Å². The molecule has 2 saturated carbocycles. The summed E-state index contributed by atoms with van der Waals surface area (Å²) in [6.45, 7) is 5.52. The number of hydrogen-bond donors (Lipinski definition) is 2. The van der Waals surface area contributed by atoms with E-state index in [4.69, 9.17) is 4.98 Å². The summed E-state index contributed by atoms with van der Waals surface area (Å²) in [7, 11) is 1.94. The minimum absolute atomic E-state index is 0.591. The zero-order valence-corrected chi connectivity index (χ0v) is 12.9. The van der Waals surface area contributed by atoms with Gasteiger partial charge in [-0.25, -0.2) is 9.97 Å². The standard InChI is InChI=1S/C16H26N4/c1-10-5-4-6-13(10)9-18-15-11(2)14(17-3)19-16(20-15)12-7-8-12/h10,12-13H,4-9H2,1-3H3,(H2,17,18,19,20). The number of nitrogens with one attached hydrogen (secondary N) is 2. The fourth-order valence-corrected chi connectivity index (χ4v) is 3.23. The lowest BCUT2D eigenvalue weighted by molar-refractivity contribution is 0.439. The number of hydrogen-bond acceptors (Lipinski definition) is 4. The van der Waals surface area contributed by atoms with Crippen LogP contribution in [0.25, 0.3) is 0 Å². The van der Waals surface area contributed by atoms with Crippen molar-refractivity contribution in [3.63, 3.8) is 0 Å². The van der Waals surface area contributed by atoms with Crippen LogP contribution in [0.15, 0.2) is 0 Å². The van der Waals surface area contributed by atoms with Gasteiger partial charge in [-0.1, -0.05) is 19.8 Å². The normalized spacial score (nSPS) is 25.8. The van der Waals surface area contributed by atoms with Gasteiger partial charge in [0.1, 0.15) is 17.5 Å². The number of aromatic nitrogens is 2. The quantitative estimate of drug-likeness (QED) is 0.862. The van der Waals surface area contributed by atoms with Crippen molar-refractivity contribution in [3.8, 4) is 0 Å². The molecule has 2 aliphatic rings. The van der Waals surface area contributed by atoms with Crippen LogP contribution in [0.3, 0.4) is 0 Å². The molecule has 1 aromatic heterocycles. The molecule has 0 aromatic carbocycles. The molecule has 2 fully saturated rings. The van der Waals surface area contributed by atoms with E-state index in [2.05, 4.69) is 29.5 Å². The van der Waals surface area contributed by atoms with Gasteiger partial charge in [0.2, 0.25) is 0 Å². The Morgan fingerprint density at radius 1 is 1.10 bits per heavy atom. The Bertz CT molecular complexity index is 482. The molecule has 3 rings (SSSR count). The van der Waals surface area contributed by atoms with Crippen LogP contribution in [-0.4, -0.2) is 23.6 Å². The lowest BCUT2D eigenvalue weighted by Gasteiger charge is -2.18. The average Bonchev–Trinajstić information content (AvgIpc) is 3.21. The maximum Gasteiger partial charge on any atom is 0.136 e. The molecule has 4 nitrogen and oxygen atoms in total. The zero-order valence-electron chi connectivity index (χ0n) is 12.9. The van der Waals surface area contributed by atoms with Crippen LogP contribution in [0.5, 0.6) is 0 Å². The van der Waals surface area contributed by atoms with E-state index in [1.54, 1.807) is 0 Å². The van der Waals surface area contributed by atoms with Crippen molar-refractivity contribution in [2.45, 2.75) is 51.9 Å². The van der Waals surface area contributed by atoms with E-state index in [0.29, 0.717) is 5.92 Å². The summed E-state index contributed by atoms with van der Waals surface area (Å²) >= 11 is 0. The van der Waals surface area contributed by atoms with Gasteiger partial charge < -0.3 is 10.6 Å². The van der Waals surface area contributed by atoms with Gasteiger partial charge in [0.15, 0.2) is 0 Å². The molecule has 20 heavy (non-hydrogen) atoms. The number of nitrogens with zero attached hydrogens (tertiary/aromatic N) is 2. The molecule has 0 radical (unpaired) electrons. The Hall–Kier alpha value is -1.32. The zero-order chi connectivity index (χ0) is 14.1. The second-order valence-corrected chi connectivity index (χ2v) is 6.48. The third-order valence-corrected chi connectivity index (χ3v) is 4.91. The van der Waals surface area contributed by atoms with E-state index in [-0.39, 0.29) is 0 Å². The van der Waals surface area contributed by atoms with Gasteiger partial charge in [-0.05, 0) is 38.0 Å². The highest BCUT2D eigenvalue weighted by Gasteiger charge is 2.28. The van der Waals surface area contributed by atoms with Crippen LogP contribution < -0.4 is 10.6 Å². The summed E-state index contributed by atoms with van der Waals surface area (Å²) in [6.07, 6.45) is 6.60. The second kappa shape index (κ2) is 5.58. The van der Waals surface area contributed by atoms with Crippen LogP contribution in [0.2, 0.25) is 0 Å². The maximum atomic E-state index is 4.77. The Morgan fingerprint density at radius 3 is 2.45 bits per heavy atom. The van der Waals surface area contributed by atoms with E-state index in [9.17, 15) is 0 Å².